The van der Waals surface area contributed by atoms with E-state index in [9.17, 15) is 8.42 Å². The molecule has 112 valence electrons. The number of nitrogens with zero attached hydrogens (tertiary/aromatic N) is 3. The Balaban J connectivity index is 1.67. The highest BCUT2D eigenvalue weighted by Gasteiger charge is 2.35. The lowest BCUT2D eigenvalue weighted by Gasteiger charge is -2.22. The lowest BCUT2D eigenvalue weighted by Crippen LogP contribution is -2.32. The first kappa shape index (κ1) is 14.0. The molecule has 1 saturated carbocycles. The van der Waals surface area contributed by atoms with E-state index in [1.807, 2.05) is 7.05 Å². The van der Waals surface area contributed by atoms with Crippen molar-refractivity contribution >= 4 is 9.84 Å². The molecule has 20 heavy (non-hydrogen) atoms. The highest BCUT2D eigenvalue weighted by molar-refractivity contribution is 7.91. The summed E-state index contributed by atoms with van der Waals surface area (Å²) < 4.78 is 25.2. The van der Waals surface area contributed by atoms with Gasteiger partial charge in [0.1, 0.15) is 12.2 Å². The van der Waals surface area contributed by atoms with E-state index in [4.69, 9.17) is 0 Å². The zero-order valence-electron chi connectivity index (χ0n) is 11.8. The second-order valence-electron chi connectivity index (χ2n) is 6.11. The van der Waals surface area contributed by atoms with E-state index in [2.05, 4.69) is 15.4 Å². The number of aromatic nitrogens is 3. The number of rotatable bonds is 6. The van der Waals surface area contributed by atoms with Gasteiger partial charge in [-0.15, -0.1) is 0 Å². The fourth-order valence-electron chi connectivity index (χ4n) is 2.95. The van der Waals surface area contributed by atoms with Crippen LogP contribution in [-0.4, -0.2) is 47.3 Å². The number of nitrogens with one attached hydrogen (secondary N) is 1. The van der Waals surface area contributed by atoms with Crippen molar-refractivity contribution in [3.8, 4) is 0 Å². The molecule has 2 unspecified atom stereocenters. The largest absolute Gasteiger partial charge is 0.314 e. The van der Waals surface area contributed by atoms with Gasteiger partial charge in [-0.25, -0.2) is 13.4 Å². The van der Waals surface area contributed by atoms with Crippen LogP contribution >= 0.6 is 0 Å². The maximum atomic E-state index is 11.7. The van der Waals surface area contributed by atoms with E-state index in [0.717, 1.165) is 25.2 Å². The minimum atomic E-state index is -2.82. The molecule has 0 aromatic carbocycles. The molecule has 1 aromatic heterocycles. The predicted octanol–water partition coefficient (Wildman–Crippen LogP) is 0.161. The standard InChI is InChI=1S/C13H22N4O2S/c1-17-13(15-9-16-17)6-11(7-14-12-2-3-12)10-4-5-20(18,19)8-10/h9-12,14H,2-8H2,1H3. The van der Waals surface area contributed by atoms with E-state index < -0.39 is 9.84 Å². The lowest BCUT2D eigenvalue weighted by molar-refractivity contribution is 0.333. The van der Waals surface area contributed by atoms with Gasteiger partial charge in [-0.2, -0.15) is 5.10 Å². The van der Waals surface area contributed by atoms with Crippen molar-refractivity contribution in [1.29, 1.82) is 0 Å². The molecule has 2 heterocycles. The maximum Gasteiger partial charge on any atom is 0.150 e. The Labute approximate surface area is 119 Å². The van der Waals surface area contributed by atoms with Crippen LogP contribution < -0.4 is 5.32 Å². The molecule has 1 saturated heterocycles. The summed E-state index contributed by atoms with van der Waals surface area (Å²) in [5, 5.41) is 7.64. The normalized spacial score (nSPS) is 26.8. The quantitative estimate of drug-likeness (QED) is 0.809. The summed E-state index contributed by atoms with van der Waals surface area (Å²) in [6, 6.07) is 0.648. The van der Waals surface area contributed by atoms with Crippen LogP contribution in [0.25, 0.3) is 0 Å². The molecule has 0 radical (unpaired) electrons. The molecule has 1 aliphatic heterocycles. The molecule has 2 aliphatic rings. The Bertz CT molecular complexity index is 565. The fourth-order valence-corrected chi connectivity index (χ4v) is 4.87. The average molecular weight is 298 g/mol. The van der Waals surface area contributed by atoms with Crippen LogP contribution in [0.4, 0.5) is 0 Å². The zero-order valence-corrected chi connectivity index (χ0v) is 12.6. The molecular weight excluding hydrogens is 276 g/mol. The van der Waals surface area contributed by atoms with Crippen LogP contribution in [-0.2, 0) is 23.3 Å². The topological polar surface area (TPSA) is 76.9 Å². The van der Waals surface area contributed by atoms with Gasteiger partial charge >= 0.3 is 0 Å². The molecule has 1 N–H and O–H groups in total. The van der Waals surface area contributed by atoms with Crippen molar-refractivity contribution in [2.45, 2.75) is 31.7 Å². The molecule has 2 fully saturated rings. The monoisotopic (exact) mass is 298 g/mol. The summed E-state index contributed by atoms with van der Waals surface area (Å²) in [6.07, 6.45) is 5.65. The van der Waals surface area contributed by atoms with Gasteiger partial charge in [0.05, 0.1) is 11.5 Å². The van der Waals surface area contributed by atoms with Crippen LogP contribution in [0, 0.1) is 11.8 Å². The van der Waals surface area contributed by atoms with Gasteiger partial charge in [0, 0.05) is 19.5 Å². The predicted molar refractivity (Wildman–Crippen MR) is 76.0 cm³/mol. The van der Waals surface area contributed by atoms with Gasteiger partial charge in [0.25, 0.3) is 0 Å². The first-order chi connectivity index (χ1) is 9.53. The van der Waals surface area contributed by atoms with E-state index in [1.165, 1.54) is 12.8 Å². The van der Waals surface area contributed by atoms with E-state index >= 15 is 0 Å². The molecule has 1 aliphatic carbocycles. The Morgan fingerprint density at radius 3 is 2.80 bits per heavy atom. The van der Waals surface area contributed by atoms with Crippen molar-refractivity contribution in [3.05, 3.63) is 12.2 Å². The third-order valence-electron chi connectivity index (χ3n) is 4.43. The Morgan fingerprint density at radius 1 is 1.45 bits per heavy atom. The van der Waals surface area contributed by atoms with E-state index in [1.54, 1.807) is 11.0 Å². The summed E-state index contributed by atoms with van der Waals surface area (Å²) in [5.41, 5.74) is 0. The molecule has 6 nitrogen and oxygen atoms in total. The van der Waals surface area contributed by atoms with Gasteiger partial charge in [0.15, 0.2) is 9.84 Å². The second kappa shape index (κ2) is 5.44. The summed E-state index contributed by atoms with van der Waals surface area (Å²) >= 11 is 0. The summed E-state index contributed by atoms with van der Waals surface area (Å²) in [7, 11) is -0.935. The van der Waals surface area contributed by atoms with Crippen molar-refractivity contribution < 1.29 is 8.42 Å². The molecule has 0 amide bonds. The third kappa shape index (κ3) is 3.38. The van der Waals surface area contributed by atoms with Crippen molar-refractivity contribution in [2.24, 2.45) is 18.9 Å². The van der Waals surface area contributed by atoms with Crippen molar-refractivity contribution in [3.63, 3.8) is 0 Å². The van der Waals surface area contributed by atoms with Crippen molar-refractivity contribution in [1.82, 2.24) is 20.1 Å². The minimum absolute atomic E-state index is 0.253. The van der Waals surface area contributed by atoms with Crippen LogP contribution in [0.2, 0.25) is 0 Å². The smallest absolute Gasteiger partial charge is 0.150 e. The second-order valence-corrected chi connectivity index (χ2v) is 8.34. The highest BCUT2D eigenvalue weighted by Crippen LogP contribution is 2.29. The van der Waals surface area contributed by atoms with E-state index in [-0.39, 0.29) is 5.92 Å². The SMILES string of the molecule is Cn1ncnc1CC(CNC1CC1)C1CCS(=O)(=O)C1. The number of hydrogen-bond acceptors (Lipinski definition) is 5. The molecular formula is C13H22N4O2S. The fraction of sp³-hybridized carbons (Fsp3) is 0.846. The minimum Gasteiger partial charge on any atom is -0.314 e. The molecule has 7 heteroatoms. The number of hydrogen-bond donors (Lipinski definition) is 1. The lowest BCUT2D eigenvalue weighted by atomic mass is 9.88. The van der Waals surface area contributed by atoms with Gasteiger partial charge in [-0.1, -0.05) is 0 Å². The maximum absolute atomic E-state index is 11.7. The Hall–Kier alpha value is -0.950. The van der Waals surface area contributed by atoms with Crippen LogP contribution in [0.1, 0.15) is 25.1 Å². The zero-order chi connectivity index (χ0) is 14.2. The molecule has 1 aromatic rings. The Morgan fingerprint density at radius 2 is 2.25 bits per heavy atom. The van der Waals surface area contributed by atoms with E-state index in [0.29, 0.717) is 23.5 Å². The summed E-state index contributed by atoms with van der Waals surface area (Å²) in [6.45, 7) is 0.887. The molecule has 0 bridgehead atoms. The first-order valence-corrected chi connectivity index (χ1v) is 9.12. The van der Waals surface area contributed by atoms with Gasteiger partial charge in [-0.3, -0.25) is 4.68 Å². The highest BCUT2D eigenvalue weighted by atomic mass is 32.2. The third-order valence-corrected chi connectivity index (χ3v) is 6.22. The van der Waals surface area contributed by atoms with Gasteiger partial charge < -0.3 is 5.32 Å². The number of sulfone groups is 1. The van der Waals surface area contributed by atoms with Gasteiger partial charge in [0.2, 0.25) is 0 Å². The van der Waals surface area contributed by atoms with Crippen molar-refractivity contribution in [2.75, 3.05) is 18.1 Å². The summed E-state index contributed by atoms with van der Waals surface area (Å²) in [5.74, 6) is 2.20. The number of aryl methyl sites for hydroxylation is 1. The average Bonchev–Trinajstić information content (AvgIpc) is 3.03. The molecule has 3 rings (SSSR count). The Kier molecular flexibility index (Phi) is 3.81. The molecule has 0 spiro atoms. The van der Waals surface area contributed by atoms with Gasteiger partial charge in [-0.05, 0) is 37.6 Å². The first-order valence-electron chi connectivity index (χ1n) is 7.30. The van der Waals surface area contributed by atoms with Crippen LogP contribution in [0.5, 0.6) is 0 Å². The van der Waals surface area contributed by atoms with Crippen LogP contribution in [0.15, 0.2) is 6.33 Å². The molecule has 2 atom stereocenters. The summed E-state index contributed by atoms with van der Waals surface area (Å²) in [4.78, 5) is 4.28. The van der Waals surface area contributed by atoms with Crippen LogP contribution in [0.3, 0.4) is 0 Å².